The maximum Gasteiger partial charge on any atom is 0.311 e. The van der Waals surface area contributed by atoms with E-state index >= 15 is 0 Å². The Bertz CT molecular complexity index is 1130. The Morgan fingerprint density at radius 3 is 2.64 bits per heavy atom. The first-order chi connectivity index (χ1) is 15.8. The highest BCUT2D eigenvalue weighted by Crippen LogP contribution is 2.31. The van der Waals surface area contributed by atoms with Crippen molar-refractivity contribution in [3.05, 3.63) is 53.7 Å². The number of amides is 1. The summed E-state index contributed by atoms with van der Waals surface area (Å²) in [5, 5.41) is 11.0. The van der Waals surface area contributed by atoms with Crippen molar-refractivity contribution >= 4 is 11.9 Å². The first-order valence-electron chi connectivity index (χ1n) is 10.8. The molecule has 174 valence electrons. The number of hydrogen-bond acceptors (Lipinski definition) is 8. The Kier molecular flexibility index (Phi) is 7.76. The van der Waals surface area contributed by atoms with Gasteiger partial charge >= 0.3 is 5.97 Å². The maximum absolute atomic E-state index is 12.9. The van der Waals surface area contributed by atoms with E-state index in [9.17, 15) is 9.59 Å². The molecule has 33 heavy (non-hydrogen) atoms. The van der Waals surface area contributed by atoms with Crippen LogP contribution in [-0.4, -0.2) is 34.2 Å². The molecule has 2 aromatic heterocycles. The van der Waals surface area contributed by atoms with Crippen molar-refractivity contribution in [2.24, 2.45) is 0 Å². The molecule has 3 rings (SSSR count). The van der Waals surface area contributed by atoms with Gasteiger partial charge in [0.1, 0.15) is 6.04 Å². The average Bonchev–Trinajstić information content (AvgIpc) is 3.30. The van der Waals surface area contributed by atoms with Crippen LogP contribution < -0.4 is 14.8 Å². The van der Waals surface area contributed by atoms with Crippen LogP contribution in [0.1, 0.15) is 74.4 Å². The molecule has 0 spiro atoms. The number of methoxy groups -OCH3 is 1. The molecule has 0 radical (unpaired) electrons. The van der Waals surface area contributed by atoms with Crippen molar-refractivity contribution < 1.29 is 23.5 Å². The van der Waals surface area contributed by atoms with E-state index in [4.69, 9.17) is 13.9 Å². The number of ether oxygens (including phenoxy) is 2. The third-order valence-electron chi connectivity index (χ3n) is 4.93. The van der Waals surface area contributed by atoms with Gasteiger partial charge in [-0.25, -0.2) is 4.98 Å². The number of aromatic nitrogens is 3. The zero-order valence-electron chi connectivity index (χ0n) is 19.4. The van der Waals surface area contributed by atoms with E-state index in [2.05, 4.69) is 34.3 Å². The Labute approximate surface area is 192 Å². The summed E-state index contributed by atoms with van der Waals surface area (Å²) in [7, 11) is 1.42. The summed E-state index contributed by atoms with van der Waals surface area (Å²) in [5.41, 5.74) is 1.89. The molecule has 9 nitrogen and oxygen atoms in total. The van der Waals surface area contributed by atoms with Gasteiger partial charge in [-0.1, -0.05) is 32.9 Å². The van der Waals surface area contributed by atoms with Crippen LogP contribution >= 0.6 is 0 Å². The minimum Gasteiger partial charge on any atom is -0.493 e. The van der Waals surface area contributed by atoms with Gasteiger partial charge in [-0.05, 0) is 37.0 Å². The fraction of sp³-hybridized carbons (Fsp3) is 0.375. The predicted octanol–water partition coefficient (Wildman–Crippen LogP) is 4.46. The number of benzene rings is 1. The molecule has 1 N–H and O–H groups in total. The Hall–Kier alpha value is -3.75. The van der Waals surface area contributed by atoms with Crippen molar-refractivity contribution in [3.63, 3.8) is 0 Å². The Morgan fingerprint density at radius 1 is 1.15 bits per heavy atom. The van der Waals surface area contributed by atoms with Gasteiger partial charge in [0.05, 0.1) is 7.11 Å². The largest absolute Gasteiger partial charge is 0.493 e. The molecule has 0 aliphatic heterocycles. The van der Waals surface area contributed by atoms with Gasteiger partial charge in [0.25, 0.3) is 5.91 Å². The number of pyridine rings is 1. The highest BCUT2D eigenvalue weighted by molar-refractivity contribution is 5.96. The smallest absolute Gasteiger partial charge is 0.311 e. The van der Waals surface area contributed by atoms with E-state index in [-0.39, 0.29) is 29.5 Å². The lowest BCUT2D eigenvalue weighted by atomic mass is 10.0. The molecule has 0 saturated carbocycles. The van der Waals surface area contributed by atoms with Crippen LogP contribution in [0.5, 0.6) is 11.5 Å². The number of rotatable bonds is 9. The SMILES string of the molecule is CCCC(=O)Oc1c(OC)ccnc1C(=O)N[C@@H](C)c1nnc(-c2cccc(C(C)C)c2)o1. The number of carbonyl (C=O) groups excluding carboxylic acids is 2. The molecule has 0 unspecified atom stereocenters. The highest BCUT2D eigenvalue weighted by Gasteiger charge is 2.25. The molecule has 9 heteroatoms. The molecule has 3 aromatic rings. The number of nitrogens with one attached hydrogen (secondary N) is 1. The summed E-state index contributed by atoms with van der Waals surface area (Å²) in [4.78, 5) is 29.1. The van der Waals surface area contributed by atoms with Crippen LogP contribution in [0.3, 0.4) is 0 Å². The minimum absolute atomic E-state index is 0.0279. The summed E-state index contributed by atoms with van der Waals surface area (Å²) >= 11 is 0. The van der Waals surface area contributed by atoms with Crippen LogP contribution in [0.4, 0.5) is 0 Å². The molecule has 0 aliphatic rings. The fourth-order valence-electron chi connectivity index (χ4n) is 3.10. The lowest BCUT2D eigenvalue weighted by Crippen LogP contribution is -2.28. The zero-order chi connectivity index (χ0) is 24.0. The summed E-state index contributed by atoms with van der Waals surface area (Å²) in [5.74, 6) is 0.125. The third kappa shape index (κ3) is 5.74. The van der Waals surface area contributed by atoms with Gasteiger partial charge in [-0.2, -0.15) is 0 Å². The van der Waals surface area contributed by atoms with Gasteiger partial charge < -0.3 is 19.2 Å². The van der Waals surface area contributed by atoms with Crippen molar-refractivity contribution in [1.82, 2.24) is 20.5 Å². The van der Waals surface area contributed by atoms with Gasteiger partial charge in [0.15, 0.2) is 11.4 Å². The molecule has 1 aromatic carbocycles. The van der Waals surface area contributed by atoms with Crippen LogP contribution in [0, 0.1) is 0 Å². The van der Waals surface area contributed by atoms with E-state index in [1.807, 2.05) is 31.2 Å². The van der Waals surface area contributed by atoms with Crippen molar-refractivity contribution in [2.45, 2.75) is 52.5 Å². The molecule has 0 aliphatic carbocycles. The quantitative estimate of drug-likeness (QED) is 0.473. The number of hydrogen-bond donors (Lipinski definition) is 1. The lowest BCUT2D eigenvalue weighted by Gasteiger charge is -2.14. The van der Waals surface area contributed by atoms with Gasteiger partial charge in [-0.15, -0.1) is 10.2 Å². The Morgan fingerprint density at radius 2 is 1.94 bits per heavy atom. The van der Waals surface area contributed by atoms with Crippen molar-refractivity contribution in [1.29, 1.82) is 0 Å². The first-order valence-corrected chi connectivity index (χ1v) is 10.8. The number of esters is 1. The van der Waals surface area contributed by atoms with E-state index < -0.39 is 17.9 Å². The summed E-state index contributed by atoms with van der Waals surface area (Å²) in [6.45, 7) is 7.78. The second-order valence-electron chi connectivity index (χ2n) is 7.84. The minimum atomic E-state index is -0.612. The van der Waals surface area contributed by atoms with E-state index in [0.29, 0.717) is 18.2 Å². The van der Waals surface area contributed by atoms with Crippen molar-refractivity contribution in [3.8, 4) is 23.0 Å². The number of nitrogens with zero attached hydrogens (tertiary/aromatic N) is 3. The molecule has 1 atom stereocenters. The summed E-state index contributed by atoms with van der Waals surface area (Å²) < 4.78 is 16.4. The van der Waals surface area contributed by atoms with Crippen LogP contribution in [0.25, 0.3) is 11.5 Å². The molecule has 0 fully saturated rings. The van der Waals surface area contributed by atoms with Crippen molar-refractivity contribution in [2.75, 3.05) is 7.11 Å². The zero-order valence-corrected chi connectivity index (χ0v) is 19.4. The summed E-state index contributed by atoms with van der Waals surface area (Å²) in [6.07, 6.45) is 2.22. The monoisotopic (exact) mass is 452 g/mol. The maximum atomic E-state index is 12.9. The van der Waals surface area contributed by atoms with Crippen LogP contribution in [0.15, 0.2) is 40.9 Å². The average molecular weight is 453 g/mol. The van der Waals surface area contributed by atoms with E-state index in [0.717, 1.165) is 11.1 Å². The number of carbonyl (C=O) groups is 2. The Balaban J connectivity index is 1.79. The molecular weight excluding hydrogens is 424 g/mol. The predicted molar refractivity (Wildman–Crippen MR) is 121 cm³/mol. The first kappa shape index (κ1) is 23.9. The lowest BCUT2D eigenvalue weighted by molar-refractivity contribution is -0.134. The van der Waals surface area contributed by atoms with E-state index in [1.165, 1.54) is 19.4 Å². The third-order valence-corrected chi connectivity index (χ3v) is 4.93. The van der Waals surface area contributed by atoms with Crippen LogP contribution in [0.2, 0.25) is 0 Å². The molecule has 1 amide bonds. The van der Waals surface area contributed by atoms with Gasteiger partial charge in [0.2, 0.25) is 17.5 Å². The van der Waals surface area contributed by atoms with Crippen LogP contribution in [-0.2, 0) is 4.79 Å². The van der Waals surface area contributed by atoms with Gasteiger partial charge in [-0.3, -0.25) is 9.59 Å². The normalized spacial score (nSPS) is 11.8. The molecule has 0 bridgehead atoms. The second-order valence-corrected chi connectivity index (χ2v) is 7.84. The molecule has 2 heterocycles. The standard InChI is InChI=1S/C24H28N4O5/c1-6-8-19(29)32-21-18(31-5)11-12-25-20(21)22(30)26-15(4)23-27-28-24(33-23)17-10-7-9-16(13-17)14(2)3/h7,9-15H,6,8H2,1-5H3,(H,26,30)/t15-/m0/s1. The van der Waals surface area contributed by atoms with Gasteiger partial charge in [0, 0.05) is 24.2 Å². The molecular formula is C24H28N4O5. The fourth-order valence-corrected chi connectivity index (χ4v) is 3.10. The summed E-state index contributed by atoms with van der Waals surface area (Å²) in [6, 6.07) is 8.78. The highest BCUT2D eigenvalue weighted by atomic mass is 16.6. The second kappa shape index (κ2) is 10.7. The van der Waals surface area contributed by atoms with E-state index in [1.54, 1.807) is 6.92 Å². The topological polar surface area (TPSA) is 116 Å². The molecule has 0 saturated heterocycles.